The Kier molecular flexibility index (Phi) is 4.41. The number of carbonyl (C=O) groups is 1. The highest BCUT2D eigenvalue weighted by Gasteiger charge is 2.10. The van der Waals surface area contributed by atoms with Gasteiger partial charge in [0.05, 0.1) is 7.11 Å². The fourth-order valence-corrected chi connectivity index (χ4v) is 2.05. The van der Waals surface area contributed by atoms with Crippen molar-refractivity contribution in [1.82, 2.24) is 0 Å². The third-order valence-corrected chi connectivity index (χ3v) is 3.18. The SMILES string of the molecule is COc1ccc(C(=O)Nc2ccccc2C(C)C)cc1. The van der Waals surface area contributed by atoms with Gasteiger partial charge < -0.3 is 10.1 Å². The third-order valence-electron chi connectivity index (χ3n) is 3.18. The molecule has 1 amide bonds. The molecule has 0 heterocycles. The van der Waals surface area contributed by atoms with E-state index in [9.17, 15) is 4.79 Å². The van der Waals surface area contributed by atoms with Crippen LogP contribution in [0.3, 0.4) is 0 Å². The van der Waals surface area contributed by atoms with Gasteiger partial charge in [-0.25, -0.2) is 0 Å². The number of methoxy groups -OCH3 is 1. The van der Waals surface area contributed by atoms with E-state index in [1.54, 1.807) is 31.4 Å². The van der Waals surface area contributed by atoms with Crippen LogP contribution in [0.1, 0.15) is 35.7 Å². The highest BCUT2D eigenvalue weighted by Crippen LogP contribution is 2.24. The number of ether oxygens (including phenoxy) is 1. The zero-order valence-corrected chi connectivity index (χ0v) is 12.0. The molecule has 1 N–H and O–H groups in total. The Balaban J connectivity index is 2.19. The van der Waals surface area contributed by atoms with E-state index in [1.807, 2.05) is 24.3 Å². The predicted octanol–water partition coefficient (Wildman–Crippen LogP) is 4.07. The lowest BCUT2D eigenvalue weighted by atomic mass is 10.0. The molecule has 0 fully saturated rings. The van der Waals surface area contributed by atoms with E-state index in [4.69, 9.17) is 4.74 Å². The Morgan fingerprint density at radius 2 is 1.70 bits per heavy atom. The smallest absolute Gasteiger partial charge is 0.255 e. The molecule has 0 aliphatic rings. The van der Waals surface area contributed by atoms with E-state index in [0.717, 1.165) is 17.0 Å². The van der Waals surface area contributed by atoms with Crippen LogP contribution in [-0.4, -0.2) is 13.0 Å². The molecule has 0 aliphatic heterocycles. The van der Waals surface area contributed by atoms with Crippen molar-refractivity contribution in [3.05, 3.63) is 59.7 Å². The lowest BCUT2D eigenvalue weighted by Crippen LogP contribution is -2.13. The lowest BCUT2D eigenvalue weighted by Gasteiger charge is -2.13. The topological polar surface area (TPSA) is 38.3 Å². The minimum absolute atomic E-state index is 0.110. The number of benzene rings is 2. The second kappa shape index (κ2) is 6.24. The van der Waals surface area contributed by atoms with Crippen molar-refractivity contribution in [3.63, 3.8) is 0 Å². The molecule has 20 heavy (non-hydrogen) atoms. The Hall–Kier alpha value is -2.29. The molecule has 104 valence electrons. The molecule has 0 unspecified atom stereocenters. The first-order valence-corrected chi connectivity index (χ1v) is 6.66. The molecule has 3 heteroatoms. The van der Waals surface area contributed by atoms with Gasteiger partial charge in [0, 0.05) is 11.3 Å². The number of rotatable bonds is 4. The number of para-hydroxylation sites is 1. The van der Waals surface area contributed by atoms with Gasteiger partial charge in [0.2, 0.25) is 0 Å². The van der Waals surface area contributed by atoms with Crippen LogP contribution >= 0.6 is 0 Å². The van der Waals surface area contributed by atoms with Gasteiger partial charge in [-0.1, -0.05) is 32.0 Å². The van der Waals surface area contributed by atoms with E-state index in [-0.39, 0.29) is 5.91 Å². The van der Waals surface area contributed by atoms with Gasteiger partial charge in [-0.15, -0.1) is 0 Å². The molecule has 2 rings (SSSR count). The Morgan fingerprint density at radius 1 is 1.05 bits per heavy atom. The van der Waals surface area contributed by atoms with Gasteiger partial charge in [-0.05, 0) is 41.8 Å². The molecule has 0 aliphatic carbocycles. The Bertz CT molecular complexity index is 588. The Labute approximate surface area is 119 Å². The van der Waals surface area contributed by atoms with Crippen LogP contribution in [0.4, 0.5) is 5.69 Å². The van der Waals surface area contributed by atoms with Crippen LogP contribution in [0, 0.1) is 0 Å². The summed E-state index contributed by atoms with van der Waals surface area (Å²) in [4.78, 5) is 12.2. The summed E-state index contributed by atoms with van der Waals surface area (Å²) in [7, 11) is 1.61. The molecule has 0 bridgehead atoms. The van der Waals surface area contributed by atoms with Crippen molar-refractivity contribution in [2.75, 3.05) is 12.4 Å². The van der Waals surface area contributed by atoms with Gasteiger partial charge in [0.15, 0.2) is 0 Å². The average molecular weight is 269 g/mol. The van der Waals surface area contributed by atoms with E-state index in [0.29, 0.717) is 11.5 Å². The maximum absolute atomic E-state index is 12.2. The average Bonchev–Trinajstić information content (AvgIpc) is 2.47. The monoisotopic (exact) mass is 269 g/mol. The van der Waals surface area contributed by atoms with Crippen molar-refractivity contribution in [2.45, 2.75) is 19.8 Å². The zero-order chi connectivity index (χ0) is 14.5. The van der Waals surface area contributed by atoms with Crippen molar-refractivity contribution >= 4 is 11.6 Å². The normalized spacial score (nSPS) is 10.4. The molecule has 3 nitrogen and oxygen atoms in total. The van der Waals surface area contributed by atoms with Gasteiger partial charge in [0.25, 0.3) is 5.91 Å². The first-order valence-electron chi connectivity index (χ1n) is 6.66. The molecule has 0 aromatic heterocycles. The molecule has 2 aromatic carbocycles. The predicted molar refractivity (Wildman–Crippen MR) is 81.5 cm³/mol. The molecule has 2 aromatic rings. The number of amides is 1. The quantitative estimate of drug-likeness (QED) is 0.908. The number of carbonyl (C=O) groups excluding carboxylic acids is 1. The van der Waals surface area contributed by atoms with Crippen LogP contribution in [0.15, 0.2) is 48.5 Å². The number of hydrogen-bond donors (Lipinski definition) is 1. The maximum atomic E-state index is 12.2. The van der Waals surface area contributed by atoms with E-state index < -0.39 is 0 Å². The summed E-state index contributed by atoms with van der Waals surface area (Å²) >= 11 is 0. The molecular weight excluding hydrogens is 250 g/mol. The number of nitrogens with one attached hydrogen (secondary N) is 1. The van der Waals surface area contributed by atoms with Crippen molar-refractivity contribution < 1.29 is 9.53 Å². The minimum Gasteiger partial charge on any atom is -0.497 e. The third kappa shape index (κ3) is 3.18. The van der Waals surface area contributed by atoms with Crippen molar-refractivity contribution in [2.24, 2.45) is 0 Å². The summed E-state index contributed by atoms with van der Waals surface area (Å²) in [5.74, 6) is 0.993. The summed E-state index contributed by atoms with van der Waals surface area (Å²) in [6.45, 7) is 4.22. The van der Waals surface area contributed by atoms with Crippen LogP contribution in [0.2, 0.25) is 0 Å². The van der Waals surface area contributed by atoms with E-state index in [1.165, 1.54) is 0 Å². The number of anilines is 1. The fourth-order valence-electron chi connectivity index (χ4n) is 2.05. The Morgan fingerprint density at radius 3 is 2.30 bits per heavy atom. The molecule has 0 saturated carbocycles. The van der Waals surface area contributed by atoms with Crippen LogP contribution in [0.25, 0.3) is 0 Å². The highest BCUT2D eigenvalue weighted by atomic mass is 16.5. The summed E-state index contributed by atoms with van der Waals surface area (Å²) in [5.41, 5.74) is 2.61. The van der Waals surface area contributed by atoms with Crippen LogP contribution < -0.4 is 10.1 Å². The highest BCUT2D eigenvalue weighted by molar-refractivity contribution is 6.04. The number of hydrogen-bond acceptors (Lipinski definition) is 2. The second-order valence-corrected chi connectivity index (χ2v) is 4.92. The summed E-state index contributed by atoms with van der Waals surface area (Å²) in [6, 6.07) is 14.9. The molecule has 0 spiro atoms. The zero-order valence-electron chi connectivity index (χ0n) is 12.0. The van der Waals surface area contributed by atoms with Gasteiger partial charge in [-0.3, -0.25) is 4.79 Å². The van der Waals surface area contributed by atoms with Crippen molar-refractivity contribution in [3.8, 4) is 5.75 Å². The first kappa shape index (κ1) is 14.1. The first-order chi connectivity index (χ1) is 9.61. The van der Waals surface area contributed by atoms with Crippen LogP contribution in [-0.2, 0) is 0 Å². The van der Waals surface area contributed by atoms with Crippen molar-refractivity contribution in [1.29, 1.82) is 0 Å². The van der Waals surface area contributed by atoms with Gasteiger partial charge in [0.1, 0.15) is 5.75 Å². The summed E-state index contributed by atoms with van der Waals surface area (Å²) < 4.78 is 5.09. The van der Waals surface area contributed by atoms with Gasteiger partial charge >= 0.3 is 0 Å². The van der Waals surface area contributed by atoms with E-state index in [2.05, 4.69) is 19.2 Å². The molecule has 0 saturated heterocycles. The maximum Gasteiger partial charge on any atom is 0.255 e. The van der Waals surface area contributed by atoms with Crippen LogP contribution in [0.5, 0.6) is 5.75 Å². The molecular formula is C17H19NO2. The standard InChI is InChI=1S/C17H19NO2/c1-12(2)15-6-4-5-7-16(15)18-17(19)13-8-10-14(20-3)11-9-13/h4-12H,1-3H3,(H,18,19). The largest absolute Gasteiger partial charge is 0.497 e. The van der Waals surface area contributed by atoms with Gasteiger partial charge in [-0.2, -0.15) is 0 Å². The van der Waals surface area contributed by atoms with E-state index >= 15 is 0 Å². The second-order valence-electron chi connectivity index (χ2n) is 4.92. The summed E-state index contributed by atoms with van der Waals surface area (Å²) in [6.07, 6.45) is 0. The summed E-state index contributed by atoms with van der Waals surface area (Å²) in [5, 5.41) is 2.97. The molecule has 0 atom stereocenters. The minimum atomic E-state index is -0.110. The fraction of sp³-hybridized carbons (Fsp3) is 0.235. The lowest BCUT2D eigenvalue weighted by molar-refractivity contribution is 0.102. The molecule has 0 radical (unpaired) electrons.